The highest BCUT2D eigenvalue weighted by molar-refractivity contribution is 8.00. The molecule has 206 valence electrons. The number of aromatic nitrogens is 2. The number of halogens is 1. The Bertz CT molecular complexity index is 1490. The fourth-order valence-electron chi connectivity index (χ4n) is 4.71. The maximum Gasteiger partial charge on any atom is 0.240 e. The number of ether oxygens (including phenoxy) is 2. The van der Waals surface area contributed by atoms with Gasteiger partial charge in [-0.3, -0.25) is 14.5 Å². The number of carbonyl (C=O) groups is 2. The molecule has 2 heterocycles. The predicted molar refractivity (Wildman–Crippen MR) is 153 cm³/mol. The van der Waals surface area contributed by atoms with Crippen LogP contribution in [-0.4, -0.2) is 61.3 Å². The van der Waals surface area contributed by atoms with Crippen molar-refractivity contribution in [1.82, 2.24) is 15.1 Å². The van der Waals surface area contributed by atoms with Gasteiger partial charge in [-0.1, -0.05) is 48.5 Å². The van der Waals surface area contributed by atoms with Crippen LogP contribution in [0.2, 0.25) is 0 Å². The van der Waals surface area contributed by atoms with Crippen LogP contribution in [0.15, 0.2) is 78.9 Å². The molecule has 0 saturated carbocycles. The molecule has 0 radical (unpaired) electrons. The molecule has 1 aliphatic rings. The molecule has 0 unspecified atom stereocenters. The van der Waals surface area contributed by atoms with Gasteiger partial charge < -0.3 is 14.8 Å². The Hall–Kier alpha value is -4.15. The van der Waals surface area contributed by atoms with Gasteiger partial charge in [0.2, 0.25) is 11.8 Å². The summed E-state index contributed by atoms with van der Waals surface area (Å²) in [5, 5.41) is 7.46. The van der Waals surface area contributed by atoms with Crippen molar-refractivity contribution >= 4 is 29.4 Å². The minimum Gasteiger partial charge on any atom is -0.496 e. The third kappa shape index (κ3) is 5.59. The van der Waals surface area contributed by atoms with Crippen LogP contribution < -0.4 is 15.0 Å². The van der Waals surface area contributed by atoms with Crippen LogP contribution in [0.4, 0.5) is 10.2 Å². The third-order valence-electron chi connectivity index (χ3n) is 6.56. The largest absolute Gasteiger partial charge is 0.496 e. The molecule has 8 nitrogen and oxygen atoms in total. The van der Waals surface area contributed by atoms with Gasteiger partial charge in [0.1, 0.15) is 23.9 Å². The lowest BCUT2D eigenvalue weighted by Gasteiger charge is -2.23. The molecule has 2 amide bonds. The fourth-order valence-corrected chi connectivity index (χ4v) is 5.93. The Morgan fingerprint density at radius 2 is 1.77 bits per heavy atom. The highest BCUT2D eigenvalue weighted by Crippen LogP contribution is 2.50. The van der Waals surface area contributed by atoms with Crippen LogP contribution in [0.5, 0.6) is 5.75 Å². The van der Waals surface area contributed by atoms with E-state index < -0.39 is 5.82 Å². The van der Waals surface area contributed by atoms with Crippen LogP contribution in [0, 0.1) is 5.82 Å². The summed E-state index contributed by atoms with van der Waals surface area (Å²) >= 11 is 1.45. The van der Waals surface area contributed by atoms with E-state index in [4.69, 9.17) is 14.6 Å². The zero-order valence-electron chi connectivity index (χ0n) is 22.2. The van der Waals surface area contributed by atoms with Crippen molar-refractivity contribution < 1.29 is 23.5 Å². The van der Waals surface area contributed by atoms with Crippen LogP contribution in [0.3, 0.4) is 0 Å². The average molecular weight is 561 g/mol. The SMILES string of the molecule is COCCNC(=O)CN1C(=O)CS[C@H](c2ccccc2OC)c2c(-c3ccccc3)nn(-c3ccc(F)cc3)c21. The van der Waals surface area contributed by atoms with Crippen molar-refractivity contribution in [2.24, 2.45) is 0 Å². The lowest BCUT2D eigenvalue weighted by Crippen LogP contribution is -2.43. The number of hydrogen-bond donors (Lipinski definition) is 1. The molecule has 0 bridgehead atoms. The molecular formula is C30H29FN4O4S. The van der Waals surface area contributed by atoms with Crippen molar-refractivity contribution in [2.45, 2.75) is 5.25 Å². The molecular weight excluding hydrogens is 531 g/mol. The van der Waals surface area contributed by atoms with Crippen molar-refractivity contribution in [3.63, 3.8) is 0 Å². The number of para-hydroxylation sites is 1. The van der Waals surface area contributed by atoms with E-state index in [0.29, 0.717) is 36.1 Å². The van der Waals surface area contributed by atoms with Crippen LogP contribution in [0.25, 0.3) is 16.9 Å². The summed E-state index contributed by atoms with van der Waals surface area (Å²) in [4.78, 5) is 28.2. The first-order chi connectivity index (χ1) is 19.5. The lowest BCUT2D eigenvalue weighted by atomic mass is 9.99. The topological polar surface area (TPSA) is 85.7 Å². The van der Waals surface area contributed by atoms with Gasteiger partial charge in [-0.15, -0.1) is 11.8 Å². The van der Waals surface area contributed by atoms with Crippen molar-refractivity contribution in [1.29, 1.82) is 0 Å². The van der Waals surface area contributed by atoms with Gasteiger partial charge in [0.25, 0.3) is 0 Å². The molecule has 0 saturated heterocycles. The van der Waals surface area contributed by atoms with Gasteiger partial charge in [0.05, 0.1) is 36.1 Å². The number of nitrogens with zero attached hydrogens (tertiary/aromatic N) is 3. The number of hydrogen-bond acceptors (Lipinski definition) is 6. The van der Waals surface area contributed by atoms with E-state index in [9.17, 15) is 14.0 Å². The highest BCUT2D eigenvalue weighted by Gasteiger charge is 2.38. The molecule has 1 aromatic heterocycles. The van der Waals surface area contributed by atoms with Gasteiger partial charge in [-0.2, -0.15) is 5.10 Å². The molecule has 1 aliphatic heterocycles. The molecule has 0 aliphatic carbocycles. The number of anilines is 1. The van der Waals surface area contributed by atoms with Gasteiger partial charge in [-0.05, 0) is 30.3 Å². The second kappa shape index (κ2) is 12.4. The number of amides is 2. The van der Waals surface area contributed by atoms with E-state index in [-0.39, 0.29) is 29.4 Å². The van der Waals surface area contributed by atoms with E-state index in [2.05, 4.69) is 5.32 Å². The number of methoxy groups -OCH3 is 2. The Kier molecular flexibility index (Phi) is 8.47. The van der Waals surface area contributed by atoms with Crippen molar-refractivity contribution in [3.05, 3.63) is 95.8 Å². The zero-order valence-corrected chi connectivity index (χ0v) is 23.0. The second-order valence-corrected chi connectivity index (χ2v) is 10.2. The lowest BCUT2D eigenvalue weighted by molar-refractivity contribution is -0.123. The third-order valence-corrected chi connectivity index (χ3v) is 7.80. The summed E-state index contributed by atoms with van der Waals surface area (Å²) in [7, 11) is 3.17. The number of fused-ring (bicyclic) bond motifs is 1. The van der Waals surface area contributed by atoms with E-state index in [1.807, 2.05) is 54.6 Å². The minimum absolute atomic E-state index is 0.125. The molecule has 4 aromatic rings. The van der Waals surface area contributed by atoms with Crippen molar-refractivity contribution in [2.75, 3.05) is 44.6 Å². The Labute approximate surface area is 236 Å². The quantitative estimate of drug-likeness (QED) is 0.301. The number of thioether (sulfide) groups is 1. The summed E-state index contributed by atoms with van der Waals surface area (Å²) in [6.07, 6.45) is 0. The highest BCUT2D eigenvalue weighted by atomic mass is 32.2. The monoisotopic (exact) mass is 560 g/mol. The van der Waals surface area contributed by atoms with E-state index >= 15 is 0 Å². The first kappa shape index (κ1) is 27.4. The van der Waals surface area contributed by atoms with E-state index in [0.717, 1.165) is 16.7 Å². The van der Waals surface area contributed by atoms with Crippen LogP contribution in [0.1, 0.15) is 16.4 Å². The van der Waals surface area contributed by atoms with Gasteiger partial charge in [-0.25, -0.2) is 9.07 Å². The number of rotatable bonds is 9. The Morgan fingerprint density at radius 1 is 1.05 bits per heavy atom. The summed E-state index contributed by atoms with van der Waals surface area (Å²) in [6.45, 7) is 0.452. The smallest absolute Gasteiger partial charge is 0.240 e. The van der Waals surface area contributed by atoms with Crippen LogP contribution >= 0.6 is 11.8 Å². The zero-order chi connectivity index (χ0) is 28.1. The summed E-state index contributed by atoms with van der Waals surface area (Å²) in [5.74, 6) is 0.299. The average Bonchev–Trinajstić information content (AvgIpc) is 3.30. The second-order valence-electron chi connectivity index (χ2n) is 9.10. The van der Waals surface area contributed by atoms with Crippen molar-refractivity contribution in [3.8, 4) is 22.7 Å². The summed E-state index contributed by atoms with van der Waals surface area (Å²) < 4.78 is 26.3. The molecule has 1 atom stereocenters. The summed E-state index contributed by atoms with van der Waals surface area (Å²) in [6, 6.07) is 23.3. The maximum absolute atomic E-state index is 13.9. The molecule has 40 heavy (non-hydrogen) atoms. The molecule has 0 spiro atoms. The van der Waals surface area contributed by atoms with Crippen LogP contribution in [-0.2, 0) is 14.3 Å². The predicted octanol–water partition coefficient (Wildman–Crippen LogP) is 4.62. The minimum atomic E-state index is -0.391. The molecule has 1 N–H and O–H groups in total. The number of carbonyl (C=O) groups excluding carboxylic acids is 2. The molecule has 10 heteroatoms. The van der Waals surface area contributed by atoms with E-state index in [1.54, 1.807) is 31.0 Å². The Balaban J connectivity index is 1.76. The number of nitrogens with one attached hydrogen (secondary N) is 1. The van der Waals surface area contributed by atoms with Gasteiger partial charge in [0.15, 0.2) is 0 Å². The van der Waals surface area contributed by atoms with Gasteiger partial charge in [0, 0.05) is 30.3 Å². The standard InChI is InChI=1S/C30H29FN4O4S/c1-38-17-16-32-25(36)18-34-26(37)19-40-29(23-10-6-7-11-24(23)39-2)27-28(20-8-4-3-5-9-20)33-35(30(27)34)22-14-12-21(31)13-15-22/h3-15,29H,16-19H2,1-2H3,(H,32,36)/t29-/m1/s1. The first-order valence-electron chi connectivity index (χ1n) is 12.8. The summed E-state index contributed by atoms with van der Waals surface area (Å²) in [5.41, 5.74) is 3.71. The maximum atomic E-state index is 13.9. The molecule has 0 fully saturated rings. The van der Waals surface area contributed by atoms with E-state index in [1.165, 1.54) is 28.8 Å². The fraction of sp³-hybridized carbons (Fsp3) is 0.233. The van der Waals surface area contributed by atoms with Gasteiger partial charge >= 0.3 is 0 Å². The normalized spacial score (nSPS) is 14.9. The number of benzene rings is 3. The molecule has 3 aromatic carbocycles. The first-order valence-corrected chi connectivity index (χ1v) is 13.8. The molecule has 5 rings (SSSR count). The Morgan fingerprint density at radius 3 is 2.50 bits per heavy atom.